The topological polar surface area (TPSA) is 77.8 Å². The Morgan fingerprint density at radius 3 is 2.48 bits per heavy atom. The van der Waals surface area contributed by atoms with Crippen LogP contribution in [0.4, 0.5) is 0 Å². The van der Waals surface area contributed by atoms with Crippen molar-refractivity contribution in [2.24, 2.45) is 0 Å². The Balaban J connectivity index is 1.57. The molecule has 0 fully saturated rings. The summed E-state index contributed by atoms with van der Waals surface area (Å²) in [6.45, 7) is 1.02. The van der Waals surface area contributed by atoms with E-state index in [4.69, 9.17) is 13.9 Å². The first kappa shape index (κ1) is 21.9. The van der Waals surface area contributed by atoms with Crippen LogP contribution in [0.25, 0.3) is 11.0 Å². The molecule has 1 aliphatic heterocycles. The van der Waals surface area contributed by atoms with E-state index in [1.54, 1.807) is 17.8 Å². The Hall–Kier alpha value is -2.94. The van der Waals surface area contributed by atoms with Crippen molar-refractivity contribution in [1.82, 2.24) is 4.72 Å². The summed E-state index contributed by atoms with van der Waals surface area (Å²) in [6.07, 6.45) is 2.71. The quantitative estimate of drug-likeness (QED) is 0.373. The molecule has 1 aliphatic rings. The van der Waals surface area contributed by atoms with Crippen LogP contribution in [0.1, 0.15) is 23.8 Å². The molecule has 4 aromatic rings. The van der Waals surface area contributed by atoms with Crippen molar-refractivity contribution in [2.75, 3.05) is 19.5 Å². The smallest absolute Gasteiger partial charge is 0.241 e. The van der Waals surface area contributed by atoms with Crippen LogP contribution >= 0.6 is 11.8 Å². The van der Waals surface area contributed by atoms with Crippen LogP contribution in [0.15, 0.2) is 87.0 Å². The highest BCUT2D eigenvalue weighted by molar-refractivity contribution is 7.98. The van der Waals surface area contributed by atoms with Crippen LogP contribution in [0.5, 0.6) is 11.5 Å². The van der Waals surface area contributed by atoms with Crippen molar-refractivity contribution in [3.63, 3.8) is 0 Å². The van der Waals surface area contributed by atoms with Crippen molar-refractivity contribution in [2.45, 2.75) is 22.3 Å². The SMILES string of the molecule is CSc1ccccc1[C@H](NS(=O)(=O)c1ccc2c(c1)OCCCO2)c1cc2ccccc2o1. The lowest BCUT2D eigenvalue weighted by Crippen LogP contribution is -2.29. The largest absolute Gasteiger partial charge is 0.490 e. The predicted octanol–water partition coefficient (Wildman–Crippen LogP) is 5.38. The minimum absolute atomic E-state index is 0.106. The van der Waals surface area contributed by atoms with Crippen LogP contribution in [0.3, 0.4) is 0 Å². The molecule has 0 saturated carbocycles. The zero-order valence-corrected chi connectivity index (χ0v) is 19.6. The molecule has 170 valence electrons. The Bertz CT molecular complexity index is 1360. The van der Waals surface area contributed by atoms with Gasteiger partial charge in [-0.15, -0.1) is 11.8 Å². The Morgan fingerprint density at radius 1 is 0.909 bits per heavy atom. The maximum atomic E-state index is 13.5. The van der Waals surface area contributed by atoms with Gasteiger partial charge in [0.05, 0.1) is 18.1 Å². The fraction of sp³-hybridized carbons (Fsp3) is 0.200. The highest BCUT2D eigenvalue weighted by atomic mass is 32.2. The summed E-state index contributed by atoms with van der Waals surface area (Å²) >= 11 is 1.56. The van der Waals surface area contributed by atoms with E-state index in [0.29, 0.717) is 36.1 Å². The molecule has 5 rings (SSSR count). The summed E-state index contributed by atoms with van der Waals surface area (Å²) in [5.41, 5.74) is 1.52. The molecular formula is C25H23NO5S2. The summed E-state index contributed by atoms with van der Waals surface area (Å²) in [5, 5.41) is 0.911. The van der Waals surface area contributed by atoms with Gasteiger partial charge in [-0.05, 0) is 42.2 Å². The fourth-order valence-electron chi connectivity index (χ4n) is 3.86. The molecule has 8 heteroatoms. The first-order valence-corrected chi connectivity index (χ1v) is 13.3. The summed E-state index contributed by atoms with van der Waals surface area (Å²) in [5.74, 6) is 1.50. The highest BCUT2D eigenvalue weighted by Crippen LogP contribution is 2.36. The zero-order chi connectivity index (χ0) is 22.8. The molecular weight excluding hydrogens is 458 g/mol. The molecule has 0 unspecified atom stereocenters. The van der Waals surface area contributed by atoms with Crippen LogP contribution in [-0.2, 0) is 10.0 Å². The average Bonchev–Trinajstić information content (AvgIpc) is 3.12. The maximum absolute atomic E-state index is 13.5. The van der Waals surface area contributed by atoms with E-state index in [9.17, 15) is 8.42 Å². The van der Waals surface area contributed by atoms with Crippen molar-refractivity contribution in [3.8, 4) is 11.5 Å². The number of hydrogen-bond acceptors (Lipinski definition) is 6. The van der Waals surface area contributed by atoms with Gasteiger partial charge in [0, 0.05) is 22.8 Å². The third-order valence-corrected chi connectivity index (χ3v) is 7.71. The number of sulfonamides is 1. The van der Waals surface area contributed by atoms with Crippen LogP contribution < -0.4 is 14.2 Å². The van der Waals surface area contributed by atoms with Gasteiger partial charge < -0.3 is 13.9 Å². The Labute approximate surface area is 197 Å². The average molecular weight is 482 g/mol. The molecule has 0 radical (unpaired) electrons. The number of benzene rings is 3. The van der Waals surface area contributed by atoms with Crippen LogP contribution in [0.2, 0.25) is 0 Å². The molecule has 0 aliphatic carbocycles. The van der Waals surface area contributed by atoms with Crippen molar-refractivity contribution in [3.05, 3.63) is 84.1 Å². The second-order valence-corrected chi connectivity index (χ2v) is 10.2. The summed E-state index contributed by atoms with van der Waals surface area (Å²) in [4.78, 5) is 1.07. The Kier molecular flexibility index (Phi) is 6.05. The van der Waals surface area contributed by atoms with Gasteiger partial charge in [0.15, 0.2) is 11.5 Å². The van der Waals surface area contributed by atoms with E-state index in [2.05, 4.69) is 4.72 Å². The number of fused-ring (bicyclic) bond motifs is 2. The van der Waals surface area contributed by atoms with Crippen molar-refractivity contribution < 1.29 is 22.3 Å². The molecule has 1 aromatic heterocycles. The second kappa shape index (κ2) is 9.13. The maximum Gasteiger partial charge on any atom is 0.241 e. The number of ether oxygens (including phenoxy) is 2. The van der Waals surface area contributed by atoms with Gasteiger partial charge in [-0.25, -0.2) is 8.42 Å². The van der Waals surface area contributed by atoms with Gasteiger partial charge in [-0.1, -0.05) is 36.4 Å². The number of hydrogen-bond donors (Lipinski definition) is 1. The lowest BCUT2D eigenvalue weighted by atomic mass is 10.1. The molecule has 0 bridgehead atoms. The second-order valence-electron chi connectivity index (χ2n) is 7.64. The molecule has 0 spiro atoms. The molecule has 33 heavy (non-hydrogen) atoms. The lowest BCUT2D eigenvalue weighted by molar-refractivity contribution is 0.297. The zero-order valence-electron chi connectivity index (χ0n) is 18.0. The third kappa shape index (κ3) is 4.46. The molecule has 6 nitrogen and oxygen atoms in total. The van der Waals surface area contributed by atoms with E-state index in [1.807, 2.05) is 60.9 Å². The van der Waals surface area contributed by atoms with E-state index in [-0.39, 0.29) is 4.90 Å². The fourth-order valence-corrected chi connectivity index (χ4v) is 5.69. The van der Waals surface area contributed by atoms with Gasteiger partial charge in [-0.3, -0.25) is 0 Å². The standard InChI is InChI=1S/C25H23NO5S2/c1-32-24-10-5-3-8-19(24)25(23-15-17-7-2-4-9-20(17)31-23)26-33(27,28)18-11-12-21-22(16-18)30-14-6-13-29-21/h2-5,7-12,15-16,25-26H,6,13-14H2,1H3/t25-/m0/s1. The summed E-state index contributed by atoms with van der Waals surface area (Å²) in [7, 11) is -3.92. The van der Waals surface area contributed by atoms with Gasteiger partial charge in [0.25, 0.3) is 0 Å². The van der Waals surface area contributed by atoms with Gasteiger partial charge in [0.2, 0.25) is 10.0 Å². The lowest BCUT2D eigenvalue weighted by Gasteiger charge is -2.20. The van der Waals surface area contributed by atoms with E-state index in [0.717, 1.165) is 22.3 Å². The van der Waals surface area contributed by atoms with Crippen LogP contribution in [-0.4, -0.2) is 27.9 Å². The molecule has 2 heterocycles. The summed E-state index contributed by atoms with van der Waals surface area (Å²) in [6, 6.07) is 21.2. The van der Waals surface area contributed by atoms with E-state index < -0.39 is 16.1 Å². The summed E-state index contributed by atoms with van der Waals surface area (Å²) < 4.78 is 47.3. The number of furan rings is 1. The monoisotopic (exact) mass is 481 g/mol. The highest BCUT2D eigenvalue weighted by Gasteiger charge is 2.28. The van der Waals surface area contributed by atoms with Crippen LogP contribution in [0, 0.1) is 0 Å². The first-order chi connectivity index (χ1) is 16.0. The molecule has 1 N–H and O–H groups in total. The van der Waals surface area contributed by atoms with Crippen molar-refractivity contribution in [1.29, 1.82) is 0 Å². The number of nitrogens with one attached hydrogen (secondary N) is 1. The molecule has 1 atom stereocenters. The van der Waals surface area contributed by atoms with Crippen molar-refractivity contribution >= 4 is 32.8 Å². The number of rotatable bonds is 6. The number of para-hydroxylation sites is 1. The molecule has 3 aromatic carbocycles. The van der Waals surface area contributed by atoms with Gasteiger partial charge in [-0.2, -0.15) is 4.72 Å². The number of thioether (sulfide) groups is 1. The van der Waals surface area contributed by atoms with Gasteiger partial charge in [0.1, 0.15) is 17.4 Å². The predicted molar refractivity (Wildman–Crippen MR) is 129 cm³/mol. The normalized spacial score (nSPS) is 14.7. The van der Waals surface area contributed by atoms with E-state index >= 15 is 0 Å². The molecule has 0 saturated heterocycles. The molecule has 0 amide bonds. The minimum Gasteiger partial charge on any atom is -0.490 e. The minimum atomic E-state index is -3.92. The first-order valence-electron chi connectivity index (χ1n) is 10.6. The third-order valence-electron chi connectivity index (χ3n) is 5.48. The van der Waals surface area contributed by atoms with E-state index in [1.165, 1.54) is 12.1 Å². The Morgan fingerprint density at radius 2 is 1.67 bits per heavy atom. The van der Waals surface area contributed by atoms with Gasteiger partial charge >= 0.3 is 0 Å².